The second kappa shape index (κ2) is 7.78. The molecule has 3 saturated heterocycles. The first-order chi connectivity index (χ1) is 13.0. The number of ether oxygens (including phenoxy) is 1. The molecule has 3 aliphatic heterocycles. The lowest BCUT2D eigenvalue weighted by Crippen LogP contribution is -2.47. The van der Waals surface area contributed by atoms with Gasteiger partial charge in [-0.05, 0) is 68.2 Å². The van der Waals surface area contributed by atoms with Gasteiger partial charge < -0.3 is 9.64 Å². The maximum atomic E-state index is 13.5. The fraction of sp³-hybridized carbons (Fsp3) is 0.700. The molecule has 0 unspecified atom stereocenters. The number of halogens is 1. The number of rotatable bonds is 4. The second-order valence-electron chi connectivity index (χ2n) is 8.44. The van der Waals surface area contributed by atoms with Crippen LogP contribution in [0.3, 0.4) is 0 Å². The lowest BCUT2D eigenvalue weighted by atomic mass is 9.79. The van der Waals surface area contributed by atoms with Gasteiger partial charge in [-0.15, -0.1) is 0 Å². The molecule has 1 atom stereocenters. The Labute approximate surface area is 161 Å². The summed E-state index contributed by atoms with van der Waals surface area (Å²) < 4.78 is 46.4. The van der Waals surface area contributed by atoms with Gasteiger partial charge in [0, 0.05) is 39.4 Å². The number of benzene rings is 1. The molecule has 0 N–H and O–H groups in total. The van der Waals surface area contributed by atoms with E-state index in [1.807, 2.05) is 0 Å². The number of sulfonamides is 1. The van der Waals surface area contributed by atoms with Crippen LogP contribution in [0.2, 0.25) is 0 Å². The van der Waals surface area contributed by atoms with Gasteiger partial charge in [0.2, 0.25) is 10.0 Å². The highest BCUT2D eigenvalue weighted by atomic mass is 32.2. The van der Waals surface area contributed by atoms with Crippen molar-refractivity contribution in [1.82, 2.24) is 9.21 Å². The van der Waals surface area contributed by atoms with E-state index in [2.05, 4.69) is 4.90 Å². The number of piperidine rings is 1. The molecule has 1 aromatic rings. The fourth-order valence-electron chi connectivity index (χ4n) is 4.97. The molecular formula is C20H29FN2O3S. The number of hydrogen-bond acceptors (Lipinski definition) is 4. The zero-order valence-electron chi connectivity index (χ0n) is 15.8. The van der Waals surface area contributed by atoms with E-state index in [0.29, 0.717) is 19.0 Å². The van der Waals surface area contributed by atoms with Gasteiger partial charge in [0.15, 0.2) is 0 Å². The van der Waals surface area contributed by atoms with Crippen LogP contribution in [-0.2, 0) is 14.8 Å². The van der Waals surface area contributed by atoms with E-state index in [-0.39, 0.29) is 10.3 Å². The van der Waals surface area contributed by atoms with Crippen LogP contribution in [0.4, 0.5) is 4.39 Å². The van der Waals surface area contributed by atoms with Gasteiger partial charge in [-0.25, -0.2) is 12.8 Å². The zero-order valence-corrected chi connectivity index (χ0v) is 16.6. The van der Waals surface area contributed by atoms with Crippen LogP contribution in [0.5, 0.6) is 0 Å². The van der Waals surface area contributed by atoms with Crippen LogP contribution in [0, 0.1) is 17.2 Å². The van der Waals surface area contributed by atoms with E-state index in [9.17, 15) is 12.8 Å². The largest absolute Gasteiger partial charge is 0.381 e. The van der Waals surface area contributed by atoms with Crippen molar-refractivity contribution in [1.29, 1.82) is 0 Å². The Hall–Kier alpha value is -1.02. The monoisotopic (exact) mass is 396 g/mol. The summed E-state index contributed by atoms with van der Waals surface area (Å²) in [7, 11) is -3.62. The predicted octanol–water partition coefficient (Wildman–Crippen LogP) is 2.73. The van der Waals surface area contributed by atoms with Crippen molar-refractivity contribution >= 4 is 10.0 Å². The summed E-state index contributed by atoms with van der Waals surface area (Å²) in [5.41, 5.74) is 0.0454. The summed E-state index contributed by atoms with van der Waals surface area (Å²) in [5, 5.41) is 0. The quantitative estimate of drug-likeness (QED) is 0.785. The molecule has 0 aliphatic carbocycles. The van der Waals surface area contributed by atoms with Gasteiger partial charge in [-0.1, -0.05) is 6.07 Å². The van der Waals surface area contributed by atoms with Crippen LogP contribution < -0.4 is 0 Å². The highest BCUT2D eigenvalue weighted by Gasteiger charge is 2.45. The summed E-state index contributed by atoms with van der Waals surface area (Å²) in [5.74, 6) is 0.188. The van der Waals surface area contributed by atoms with Crippen molar-refractivity contribution in [2.75, 3.05) is 45.9 Å². The van der Waals surface area contributed by atoms with E-state index < -0.39 is 15.8 Å². The highest BCUT2D eigenvalue weighted by molar-refractivity contribution is 7.89. The van der Waals surface area contributed by atoms with Crippen LogP contribution in [0.15, 0.2) is 29.2 Å². The first kappa shape index (κ1) is 19.3. The molecule has 150 valence electrons. The third-order valence-electron chi connectivity index (χ3n) is 6.43. The fourth-order valence-corrected chi connectivity index (χ4v) is 6.55. The van der Waals surface area contributed by atoms with Crippen molar-refractivity contribution in [3.05, 3.63) is 30.1 Å². The summed E-state index contributed by atoms with van der Waals surface area (Å²) in [6.07, 6.45) is 5.35. The predicted molar refractivity (Wildman–Crippen MR) is 101 cm³/mol. The van der Waals surface area contributed by atoms with Crippen molar-refractivity contribution in [3.8, 4) is 0 Å². The molecule has 0 bridgehead atoms. The third-order valence-corrected chi connectivity index (χ3v) is 8.28. The third kappa shape index (κ3) is 4.21. The average molecular weight is 397 g/mol. The Morgan fingerprint density at radius 2 is 1.96 bits per heavy atom. The maximum absolute atomic E-state index is 13.5. The minimum absolute atomic E-state index is 0.0454. The van der Waals surface area contributed by atoms with Gasteiger partial charge >= 0.3 is 0 Å². The first-order valence-corrected chi connectivity index (χ1v) is 11.5. The minimum atomic E-state index is -3.62. The Bertz CT molecular complexity index is 766. The Morgan fingerprint density at radius 1 is 1.15 bits per heavy atom. The number of nitrogens with zero attached hydrogens (tertiary/aromatic N) is 2. The van der Waals surface area contributed by atoms with Crippen LogP contribution in [0.1, 0.15) is 32.1 Å². The maximum Gasteiger partial charge on any atom is 0.243 e. The minimum Gasteiger partial charge on any atom is -0.381 e. The number of likely N-dealkylation sites (tertiary alicyclic amines) is 1. The summed E-state index contributed by atoms with van der Waals surface area (Å²) in [6.45, 7) is 5.99. The van der Waals surface area contributed by atoms with Gasteiger partial charge in [-0.2, -0.15) is 4.31 Å². The zero-order chi connectivity index (χ0) is 18.9. The Balaban J connectivity index is 1.43. The highest BCUT2D eigenvalue weighted by Crippen LogP contribution is 2.41. The lowest BCUT2D eigenvalue weighted by molar-refractivity contribution is 0.0327. The van der Waals surface area contributed by atoms with E-state index >= 15 is 0 Å². The van der Waals surface area contributed by atoms with Crippen molar-refractivity contribution in [3.63, 3.8) is 0 Å². The molecule has 27 heavy (non-hydrogen) atoms. The lowest BCUT2D eigenvalue weighted by Gasteiger charge is -2.42. The van der Waals surface area contributed by atoms with Crippen molar-refractivity contribution in [2.45, 2.75) is 37.0 Å². The summed E-state index contributed by atoms with van der Waals surface area (Å²) in [4.78, 5) is 2.60. The molecule has 7 heteroatoms. The first-order valence-electron chi connectivity index (χ1n) is 10.0. The van der Waals surface area contributed by atoms with E-state index in [0.717, 1.165) is 71.0 Å². The molecule has 0 amide bonds. The average Bonchev–Trinajstić information content (AvgIpc) is 3.06. The smallest absolute Gasteiger partial charge is 0.243 e. The summed E-state index contributed by atoms with van der Waals surface area (Å²) in [6, 6.07) is 5.35. The Morgan fingerprint density at radius 3 is 2.74 bits per heavy atom. The normalized spacial score (nSPS) is 28.8. The van der Waals surface area contributed by atoms with Crippen molar-refractivity contribution in [2.24, 2.45) is 11.3 Å². The van der Waals surface area contributed by atoms with Gasteiger partial charge in [0.25, 0.3) is 0 Å². The topological polar surface area (TPSA) is 49.9 Å². The van der Waals surface area contributed by atoms with E-state index in [4.69, 9.17) is 4.74 Å². The molecule has 3 heterocycles. The van der Waals surface area contributed by atoms with Crippen LogP contribution >= 0.6 is 0 Å². The molecule has 0 radical (unpaired) electrons. The summed E-state index contributed by atoms with van der Waals surface area (Å²) >= 11 is 0. The van der Waals surface area contributed by atoms with Crippen LogP contribution in [-0.4, -0.2) is 63.6 Å². The SMILES string of the molecule is O=S(=O)(c1cccc(F)c1)N1CC[C@@]2(CCCN(CC3CCOCC3)C2)C1. The molecule has 1 spiro atoms. The molecule has 0 aromatic heterocycles. The molecule has 4 rings (SSSR count). The second-order valence-corrected chi connectivity index (χ2v) is 10.4. The van der Waals surface area contributed by atoms with E-state index in [1.54, 1.807) is 4.31 Å². The molecule has 3 aliphatic rings. The van der Waals surface area contributed by atoms with Gasteiger partial charge in [-0.3, -0.25) is 0 Å². The van der Waals surface area contributed by atoms with Gasteiger partial charge in [0.05, 0.1) is 4.90 Å². The van der Waals surface area contributed by atoms with Crippen molar-refractivity contribution < 1.29 is 17.5 Å². The van der Waals surface area contributed by atoms with Crippen LogP contribution in [0.25, 0.3) is 0 Å². The van der Waals surface area contributed by atoms with Gasteiger partial charge in [0.1, 0.15) is 5.82 Å². The molecule has 1 aromatic carbocycles. The van der Waals surface area contributed by atoms with E-state index in [1.165, 1.54) is 18.2 Å². The standard InChI is InChI=1S/C20H29FN2O3S/c21-18-3-1-4-19(13-18)27(24,25)23-10-8-20(16-23)7-2-9-22(15-20)14-17-5-11-26-12-6-17/h1,3-4,13,17H,2,5-12,14-16H2/t20-/m1/s1. The molecular weight excluding hydrogens is 367 g/mol. The molecule has 5 nitrogen and oxygen atoms in total. The molecule has 0 saturated carbocycles. The molecule has 3 fully saturated rings. The number of hydrogen-bond donors (Lipinski definition) is 0. The Kier molecular flexibility index (Phi) is 5.56.